The molecule has 7 nitrogen and oxygen atoms in total. The van der Waals surface area contributed by atoms with Gasteiger partial charge in [-0.25, -0.2) is 19.9 Å². The molecule has 1 aliphatic carbocycles. The van der Waals surface area contributed by atoms with Crippen molar-refractivity contribution < 1.29 is 0 Å². The third-order valence-corrected chi connectivity index (χ3v) is 10.0. The van der Waals surface area contributed by atoms with Gasteiger partial charge in [-0.15, -0.1) is 0 Å². The van der Waals surface area contributed by atoms with Gasteiger partial charge in [0.25, 0.3) is 0 Å². The SMILES string of the molecule is N=C(c1cc(-c2ccccc2)ccc1Nc1ccccc1)C1C=CC=C(c2cccc(-c3cccc(-c4nc(-c5ccccc5)nc(-c5ccncc5)n4)n3)c2)C1. The van der Waals surface area contributed by atoms with Gasteiger partial charge in [-0.2, -0.15) is 0 Å². The van der Waals surface area contributed by atoms with Gasteiger partial charge in [0.1, 0.15) is 5.69 Å². The number of allylic oxidation sites excluding steroid dienone is 4. The molecule has 3 heterocycles. The molecule has 57 heavy (non-hydrogen) atoms. The third-order valence-electron chi connectivity index (χ3n) is 10.0. The summed E-state index contributed by atoms with van der Waals surface area (Å²) < 4.78 is 0. The van der Waals surface area contributed by atoms with Crippen molar-refractivity contribution in [2.24, 2.45) is 5.92 Å². The lowest BCUT2D eigenvalue weighted by Gasteiger charge is -2.23. The first kappa shape index (κ1) is 35.1. The molecule has 1 unspecified atom stereocenters. The van der Waals surface area contributed by atoms with E-state index in [9.17, 15) is 5.41 Å². The number of benzene rings is 5. The van der Waals surface area contributed by atoms with Crippen molar-refractivity contribution in [2.75, 3.05) is 5.32 Å². The summed E-state index contributed by atoms with van der Waals surface area (Å²) in [4.78, 5) is 23.8. The van der Waals surface area contributed by atoms with E-state index in [0.29, 0.717) is 35.3 Å². The van der Waals surface area contributed by atoms with Crippen molar-refractivity contribution >= 4 is 22.7 Å². The average Bonchev–Trinajstić information content (AvgIpc) is 3.30. The van der Waals surface area contributed by atoms with Gasteiger partial charge >= 0.3 is 0 Å². The number of hydrogen-bond acceptors (Lipinski definition) is 7. The molecule has 2 N–H and O–H groups in total. The minimum atomic E-state index is -0.116. The number of aromatic nitrogens is 5. The second kappa shape index (κ2) is 16.0. The second-order valence-corrected chi connectivity index (χ2v) is 13.8. The normalized spacial score (nSPS) is 13.5. The predicted molar refractivity (Wildman–Crippen MR) is 231 cm³/mol. The lowest BCUT2D eigenvalue weighted by molar-refractivity contribution is 0.877. The molecule has 0 saturated carbocycles. The molecule has 8 aromatic rings. The van der Waals surface area contributed by atoms with Crippen LogP contribution >= 0.6 is 0 Å². The van der Waals surface area contributed by atoms with E-state index in [-0.39, 0.29) is 5.92 Å². The number of rotatable bonds is 10. The molecule has 0 fully saturated rings. The molecule has 5 aromatic carbocycles. The van der Waals surface area contributed by atoms with E-state index >= 15 is 0 Å². The Bertz CT molecular complexity index is 2690. The van der Waals surface area contributed by atoms with Gasteiger partial charge in [-0.1, -0.05) is 127 Å². The molecule has 0 saturated heterocycles. The van der Waals surface area contributed by atoms with Gasteiger partial charge in [-0.05, 0) is 83.3 Å². The Hall–Kier alpha value is -7.64. The summed E-state index contributed by atoms with van der Waals surface area (Å²) in [6, 6.07) is 54.9. The maximum Gasteiger partial charge on any atom is 0.182 e. The van der Waals surface area contributed by atoms with Crippen molar-refractivity contribution in [3.05, 3.63) is 206 Å². The van der Waals surface area contributed by atoms with Gasteiger partial charge in [0.15, 0.2) is 17.5 Å². The van der Waals surface area contributed by atoms with Crippen molar-refractivity contribution in [1.82, 2.24) is 24.9 Å². The molecule has 9 rings (SSSR count). The van der Waals surface area contributed by atoms with E-state index in [1.807, 2.05) is 109 Å². The van der Waals surface area contributed by atoms with Crippen LogP contribution in [0.4, 0.5) is 11.4 Å². The van der Waals surface area contributed by atoms with Crippen molar-refractivity contribution in [3.63, 3.8) is 0 Å². The van der Waals surface area contributed by atoms with Crippen molar-refractivity contribution in [2.45, 2.75) is 6.42 Å². The first-order chi connectivity index (χ1) is 28.1. The minimum Gasteiger partial charge on any atom is -0.355 e. The van der Waals surface area contributed by atoms with E-state index < -0.39 is 0 Å². The van der Waals surface area contributed by atoms with Gasteiger partial charge in [0, 0.05) is 57.7 Å². The largest absolute Gasteiger partial charge is 0.355 e. The van der Waals surface area contributed by atoms with E-state index in [0.717, 1.165) is 61.6 Å². The average molecular weight is 736 g/mol. The third kappa shape index (κ3) is 7.81. The summed E-state index contributed by atoms with van der Waals surface area (Å²) in [6.07, 6.45) is 10.5. The van der Waals surface area contributed by atoms with Crippen LogP contribution in [0.15, 0.2) is 194 Å². The Labute approximate surface area is 331 Å². The number of nitrogens with zero attached hydrogens (tertiary/aromatic N) is 5. The quantitative estimate of drug-likeness (QED) is 0.136. The van der Waals surface area contributed by atoms with Crippen LogP contribution < -0.4 is 5.32 Å². The summed E-state index contributed by atoms with van der Waals surface area (Å²) in [7, 11) is 0. The second-order valence-electron chi connectivity index (χ2n) is 13.8. The lowest BCUT2D eigenvalue weighted by atomic mass is 9.83. The maximum atomic E-state index is 9.62. The number of pyridine rings is 2. The van der Waals surface area contributed by atoms with E-state index in [4.69, 9.17) is 19.9 Å². The number of anilines is 2. The molecule has 1 aliphatic rings. The van der Waals surface area contributed by atoms with Crippen LogP contribution in [0.25, 0.3) is 62.3 Å². The van der Waals surface area contributed by atoms with Crippen LogP contribution in [-0.4, -0.2) is 30.6 Å². The maximum absolute atomic E-state index is 9.62. The first-order valence-electron chi connectivity index (χ1n) is 18.9. The van der Waals surface area contributed by atoms with Crippen molar-refractivity contribution in [3.8, 4) is 56.7 Å². The molecule has 1 atom stereocenters. The van der Waals surface area contributed by atoms with Crippen molar-refractivity contribution in [1.29, 1.82) is 5.41 Å². The molecular weight excluding hydrogens is 699 g/mol. The zero-order valence-electron chi connectivity index (χ0n) is 31.0. The Kier molecular flexibility index (Phi) is 9.84. The highest BCUT2D eigenvalue weighted by Gasteiger charge is 2.22. The summed E-state index contributed by atoms with van der Waals surface area (Å²) >= 11 is 0. The molecule has 0 radical (unpaired) electrons. The fraction of sp³-hybridized carbons (Fsp3) is 0.0400. The highest BCUT2D eigenvalue weighted by molar-refractivity contribution is 6.07. The standard InChI is InChI=1S/C50H37N7/c51-47(43-33-39(34-13-4-1-5-14-34)25-26-45(43)53-42-21-8-3-9-22-42)41-20-11-18-38(32-41)37-17-10-19-40(31-37)44-23-12-24-46(54-44)50-56-48(35-15-6-2-7-16-35)55-49(57-50)36-27-29-52-30-28-36/h1-31,33,41,51,53H,32H2. The van der Waals surface area contributed by atoms with E-state index in [2.05, 4.69) is 83.1 Å². The van der Waals surface area contributed by atoms with Crippen LogP contribution in [0, 0.1) is 11.3 Å². The molecular formula is C50H37N7. The molecule has 272 valence electrons. The highest BCUT2D eigenvalue weighted by atomic mass is 15.0. The Balaban J connectivity index is 1.01. The number of nitrogens with one attached hydrogen (secondary N) is 2. The van der Waals surface area contributed by atoms with E-state index in [1.165, 1.54) is 0 Å². The fourth-order valence-corrected chi connectivity index (χ4v) is 7.09. The zero-order valence-corrected chi connectivity index (χ0v) is 31.0. The Morgan fingerprint density at radius 1 is 0.509 bits per heavy atom. The minimum absolute atomic E-state index is 0.116. The predicted octanol–water partition coefficient (Wildman–Crippen LogP) is 11.8. The monoisotopic (exact) mass is 735 g/mol. The van der Waals surface area contributed by atoms with Crippen LogP contribution in [-0.2, 0) is 0 Å². The molecule has 0 amide bonds. The van der Waals surface area contributed by atoms with E-state index in [1.54, 1.807) is 12.4 Å². The Morgan fingerprint density at radius 3 is 1.88 bits per heavy atom. The smallest absolute Gasteiger partial charge is 0.182 e. The van der Waals surface area contributed by atoms with Gasteiger partial charge in [0.05, 0.1) is 5.69 Å². The summed E-state index contributed by atoms with van der Waals surface area (Å²) in [5.74, 6) is 1.51. The first-order valence-corrected chi connectivity index (χ1v) is 18.9. The molecule has 0 spiro atoms. The molecule has 0 aliphatic heterocycles. The van der Waals surface area contributed by atoms with Crippen LogP contribution in [0.3, 0.4) is 0 Å². The molecule has 0 bridgehead atoms. The van der Waals surface area contributed by atoms with Crippen LogP contribution in [0.5, 0.6) is 0 Å². The highest BCUT2D eigenvalue weighted by Crippen LogP contribution is 2.35. The van der Waals surface area contributed by atoms with Crippen LogP contribution in [0.2, 0.25) is 0 Å². The fourth-order valence-electron chi connectivity index (χ4n) is 7.09. The molecule has 3 aromatic heterocycles. The lowest BCUT2D eigenvalue weighted by Crippen LogP contribution is -2.16. The topological polar surface area (TPSA) is 100 Å². The number of para-hydroxylation sites is 1. The zero-order chi connectivity index (χ0) is 38.4. The van der Waals surface area contributed by atoms with Gasteiger partial charge in [0.2, 0.25) is 0 Å². The summed E-state index contributed by atoms with van der Waals surface area (Å²) in [5, 5.41) is 13.2. The molecule has 7 heteroatoms. The summed E-state index contributed by atoms with van der Waals surface area (Å²) in [6.45, 7) is 0. The summed E-state index contributed by atoms with van der Waals surface area (Å²) in [5.41, 5.74) is 12.0. The number of hydrogen-bond donors (Lipinski definition) is 2. The van der Waals surface area contributed by atoms with Gasteiger partial charge < -0.3 is 10.7 Å². The van der Waals surface area contributed by atoms with Gasteiger partial charge in [-0.3, -0.25) is 4.98 Å². The van der Waals surface area contributed by atoms with Crippen LogP contribution in [0.1, 0.15) is 17.5 Å². The Morgan fingerprint density at radius 2 is 1.12 bits per heavy atom.